The molecule has 1 saturated heterocycles. The Morgan fingerprint density at radius 1 is 1.29 bits per heavy atom. The first kappa shape index (κ1) is 16.3. The van der Waals surface area contributed by atoms with E-state index in [9.17, 15) is 17.0 Å². The van der Waals surface area contributed by atoms with Crippen LogP contribution in [0.15, 0.2) is 24.3 Å². The van der Waals surface area contributed by atoms with Crippen molar-refractivity contribution in [1.29, 1.82) is 0 Å². The quantitative estimate of drug-likeness (QED) is 0.753. The van der Waals surface area contributed by atoms with E-state index < -0.39 is 27.1 Å². The van der Waals surface area contributed by atoms with Crippen LogP contribution in [0, 0.1) is 5.82 Å². The molecule has 2 N–H and O–H groups in total. The highest BCUT2D eigenvalue weighted by molar-refractivity contribution is 7.90. The molecule has 0 bridgehead atoms. The van der Waals surface area contributed by atoms with Gasteiger partial charge in [0.25, 0.3) is 0 Å². The number of nitrogens with zero attached hydrogens (tertiary/aromatic N) is 2. The number of piperazine rings is 1. The molecule has 0 aliphatic carbocycles. The molecule has 118 valence electrons. The molecule has 0 radical (unpaired) electrons. The smallest absolute Gasteiger partial charge is 0.301 e. The lowest BCUT2D eigenvalue weighted by molar-refractivity contribution is 0.211. The first-order valence-corrected chi connectivity index (χ1v) is 8.92. The van der Waals surface area contributed by atoms with E-state index in [-0.39, 0.29) is 24.7 Å². The summed E-state index contributed by atoms with van der Waals surface area (Å²) in [5, 5.41) is 0. The Kier molecular flexibility index (Phi) is 5.27. The van der Waals surface area contributed by atoms with Crippen molar-refractivity contribution in [2.75, 3.05) is 36.8 Å². The minimum absolute atomic E-state index is 0.00517. The molecule has 2 rings (SSSR count). The second kappa shape index (κ2) is 6.79. The van der Waals surface area contributed by atoms with Gasteiger partial charge in [-0.25, -0.2) is 8.60 Å². The van der Waals surface area contributed by atoms with Crippen molar-refractivity contribution in [1.82, 2.24) is 9.21 Å². The lowest BCUT2D eigenvalue weighted by Crippen LogP contribution is -2.50. The molecule has 7 nitrogen and oxygen atoms in total. The fourth-order valence-electron chi connectivity index (χ4n) is 2.02. The maximum Gasteiger partial charge on any atom is 0.301 e. The van der Waals surface area contributed by atoms with E-state index in [0.717, 1.165) is 6.07 Å². The van der Waals surface area contributed by atoms with Gasteiger partial charge in [0.2, 0.25) is 0 Å². The van der Waals surface area contributed by atoms with Gasteiger partial charge < -0.3 is 4.55 Å². The van der Waals surface area contributed by atoms with Crippen LogP contribution in [-0.2, 0) is 21.3 Å². The second-order valence-corrected chi connectivity index (χ2v) is 7.16. The van der Waals surface area contributed by atoms with Crippen LogP contribution in [0.5, 0.6) is 0 Å². The topological polar surface area (TPSA) is 90.0 Å². The molecule has 1 aromatic rings. The lowest BCUT2D eigenvalue weighted by atomic mass is 10.3. The normalized spacial score (nSPS) is 19.3. The third-order valence-electron chi connectivity index (χ3n) is 3.04. The average molecular weight is 337 g/mol. The molecule has 1 atom stereocenters. The number of benzene rings is 1. The van der Waals surface area contributed by atoms with Gasteiger partial charge in [-0.3, -0.25) is 9.62 Å². The van der Waals surface area contributed by atoms with Gasteiger partial charge in [-0.05, 0) is 18.2 Å². The maximum absolute atomic E-state index is 13.0. The summed E-state index contributed by atoms with van der Waals surface area (Å²) in [7, 11) is -3.75. The van der Waals surface area contributed by atoms with E-state index >= 15 is 0 Å². The van der Waals surface area contributed by atoms with Crippen LogP contribution in [0.1, 0.15) is 0 Å². The van der Waals surface area contributed by atoms with Crippen LogP contribution < -0.4 is 4.72 Å². The van der Waals surface area contributed by atoms with E-state index in [1.807, 2.05) is 0 Å². The fourth-order valence-corrected chi connectivity index (χ4v) is 3.79. The van der Waals surface area contributed by atoms with Crippen LogP contribution in [0.2, 0.25) is 0 Å². The monoisotopic (exact) mass is 337 g/mol. The Morgan fingerprint density at radius 2 is 1.95 bits per heavy atom. The van der Waals surface area contributed by atoms with Gasteiger partial charge in [0, 0.05) is 26.2 Å². The largest absolute Gasteiger partial charge is 0.305 e. The Hall–Kier alpha value is -1.07. The number of hydrogen-bond donors (Lipinski definition) is 2. The molecule has 1 heterocycles. The van der Waals surface area contributed by atoms with Crippen molar-refractivity contribution < 1.29 is 21.6 Å². The highest BCUT2D eigenvalue weighted by atomic mass is 32.2. The zero-order valence-corrected chi connectivity index (χ0v) is 12.7. The fraction of sp³-hybridized carbons (Fsp3) is 0.455. The summed E-state index contributed by atoms with van der Waals surface area (Å²) < 4.78 is 60.4. The van der Waals surface area contributed by atoms with Crippen LogP contribution in [0.25, 0.3) is 0 Å². The number of halogens is 1. The third-order valence-corrected chi connectivity index (χ3v) is 5.16. The van der Waals surface area contributed by atoms with Gasteiger partial charge in [0.05, 0.1) is 5.69 Å². The van der Waals surface area contributed by atoms with E-state index in [0.29, 0.717) is 13.1 Å². The molecule has 1 fully saturated rings. The molecule has 1 aliphatic rings. The molecule has 1 aromatic carbocycles. The molecule has 0 amide bonds. The molecular formula is C11H16FN3O4S2. The summed E-state index contributed by atoms with van der Waals surface area (Å²) in [5.41, 5.74) is 0.161. The van der Waals surface area contributed by atoms with Crippen molar-refractivity contribution >= 4 is 27.0 Å². The van der Waals surface area contributed by atoms with Gasteiger partial charge in [-0.2, -0.15) is 12.7 Å². The van der Waals surface area contributed by atoms with Crippen LogP contribution >= 0.6 is 0 Å². The Labute approximate surface area is 125 Å². The van der Waals surface area contributed by atoms with Gasteiger partial charge >= 0.3 is 10.2 Å². The number of hydrogen-bond acceptors (Lipinski definition) is 4. The first-order chi connectivity index (χ1) is 9.87. The summed E-state index contributed by atoms with van der Waals surface area (Å²) in [6.07, 6.45) is 0. The Balaban J connectivity index is 1.97. The minimum atomic E-state index is -3.75. The average Bonchev–Trinajstić information content (AvgIpc) is 2.38. The molecular weight excluding hydrogens is 321 g/mol. The number of nitrogens with one attached hydrogen (secondary N) is 1. The second-order valence-electron chi connectivity index (χ2n) is 4.59. The van der Waals surface area contributed by atoms with Crippen LogP contribution in [-0.4, -0.2) is 58.4 Å². The van der Waals surface area contributed by atoms with E-state index in [2.05, 4.69) is 4.72 Å². The van der Waals surface area contributed by atoms with Gasteiger partial charge in [-0.1, -0.05) is 6.07 Å². The van der Waals surface area contributed by atoms with Crippen molar-refractivity contribution in [3.05, 3.63) is 30.1 Å². The highest BCUT2D eigenvalue weighted by Crippen LogP contribution is 2.14. The van der Waals surface area contributed by atoms with Gasteiger partial charge in [-0.15, -0.1) is 0 Å². The van der Waals surface area contributed by atoms with Gasteiger partial charge in [0.15, 0.2) is 11.1 Å². The molecule has 1 aliphatic heterocycles. The van der Waals surface area contributed by atoms with Crippen LogP contribution in [0.3, 0.4) is 0 Å². The third kappa shape index (κ3) is 4.71. The highest BCUT2D eigenvalue weighted by Gasteiger charge is 2.27. The van der Waals surface area contributed by atoms with E-state index in [4.69, 9.17) is 4.55 Å². The number of anilines is 1. The van der Waals surface area contributed by atoms with Crippen molar-refractivity contribution in [3.63, 3.8) is 0 Å². The standard InChI is InChI=1S/C11H16FN3O4S2/c12-10-2-1-3-11(8-10)13-21(18,19)15-6-4-14(5-7-15)9-20(16)17/h1-3,8,13H,4-7,9H2,(H,16,17). The molecule has 1 unspecified atom stereocenters. The zero-order chi connectivity index (χ0) is 15.5. The molecule has 10 heteroatoms. The Morgan fingerprint density at radius 3 is 2.52 bits per heavy atom. The maximum atomic E-state index is 13.0. The predicted molar refractivity (Wildman–Crippen MR) is 77.7 cm³/mol. The summed E-state index contributed by atoms with van der Waals surface area (Å²) in [6.45, 7) is 1.16. The number of rotatable bonds is 5. The first-order valence-electron chi connectivity index (χ1n) is 6.20. The SMILES string of the molecule is O=S(O)CN1CCN(S(=O)(=O)Nc2cccc(F)c2)CC1. The Bertz CT molecular complexity index is 618. The van der Waals surface area contributed by atoms with Crippen molar-refractivity contribution in [3.8, 4) is 0 Å². The van der Waals surface area contributed by atoms with Crippen molar-refractivity contribution in [2.24, 2.45) is 0 Å². The summed E-state index contributed by atoms with van der Waals surface area (Å²) in [6, 6.07) is 5.21. The molecule has 21 heavy (non-hydrogen) atoms. The summed E-state index contributed by atoms with van der Waals surface area (Å²) in [4.78, 5) is 1.71. The van der Waals surface area contributed by atoms with E-state index in [1.54, 1.807) is 4.90 Å². The summed E-state index contributed by atoms with van der Waals surface area (Å²) >= 11 is -1.93. The van der Waals surface area contributed by atoms with E-state index in [1.165, 1.54) is 22.5 Å². The zero-order valence-electron chi connectivity index (χ0n) is 11.1. The van der Waals surface area contributed by atoms with Crippen LogP contribution in [0.4, 0.5) is 10.1 Å². The molecule has 0 aromatic heterocycles. The minimum Gasteiger partial charge on any atom is -0.305 e. The van der Waals surface area contributed by atoms with Crippen molar-refractivity contribution in [2.45, 2.75) is 0 Å². The van der Waals surface area contributed by atoms with Gasteiger partial charge in [0.1, 0.15) is 11.7 Å². The molecule has 0 spiro atoms. The summed E-state index contributed by atoms with van der Waals surface area (Å²) in [5.74, 6) is -0.518. The molecule has 0 saturated carbocycles. The lowest BCUT2D eigenvalue weighted by Gasteiger charge is -2.33. The predicted octanol–water partition coefficient (Wildman–Crippen LogP) is 0.279.